The van der Waals surface area contributed by atoms with E-state index in [0.717, 1.165) is 16.3 Å². The van der Waals surface area contributed by atoms with Gasteiger partial charge in [0.1, 0.15) is 12.7 Å². The third kappa shape index (κ3) is 3.15. The van der Waals surface area contributed by atoms with Crippen molar-refractivity contribution >= 4 is 47.2 Å². The monoisotopic (exact) mass is 354 g/mol. The van der Waals surface area contributed by atoms with Gasteiger partial charge in [-0.3, -0.25) is 9.69 Å². The van der Waals surface area contributed by atoms with Crippen LogP contribution in [0.3, 0.4) is 0 Å². The number of hydrogen-bond donors (Lipinski definition) is 0. The molecule has 1 aromatic carbocycles. The Morgan fingerprint density at radius 2 is 2.22 bits per heavy atom. The third-order valence-corrected chi connectivity index (χ3v) is 5.35. The highest BCUT2D eigenvalue weighted by Crippen LogP contribution is 2.41. The minimum atomic E-state index is -0.363. The summed E-state index contributed by atoms with van der Waals surface area (Å²) < 4.78 is 10.6. The maximum Gasteiger partial charge on any atom is 0.414 e. The van der Waals surface area contributed by atoms with E-state index < -0.39 is 0 Å². The molecule has 6 nitrogen and oxygen atoms in total. The summed E-state index contributed by atoms with van der Waals surface area (Å²) in [7, 11) is 1.77. The van der Waals surface area contributed by atoms with Gasteiger partial charge < -0.3 is 13.8 Å². The van der Waals surface area contributed by atoms with Crippen molar-refractivity contribution < 1.29 is 18.5 Å². The van der Waals surface area contributed by atoms with E-state index >= 15 is 0 Å². The summed E-state index contributed by atoms with van der Waals surface area (Å²) in [5.41, 5.74) is 1.65. The van der Waals surface area contributed by atoms with Gasteiger partial charge in [-0.05, 0) is 37.2 Å². The molecule has 0 bridgehead atoms. The molecule has 0 spiro atoms. The molecule has 1 aromatic rings. The summed E-state index contributed by atoms with van der Waals surface area (Å²) in [6.07, 6.45) is 1.20. The fourth-order valence-electron chi connectivity index (χ4n) is 2.64. The van der Waals surface area contributed by atoms with E-state index in [-0.39, 0.29) is 23.4 Å². The average molecular weight is 354 g/mol. The molecule has 8 heteroatoms. The first-order valence-corrected chi connectivity index (χ1v) is 9.26. The molecule has 0 aliphatic carbocycles. The summed E-state index contributed by atoms with van der Waals surface area (Å²) in [4.78, 5) is 28.4. The second-order valence-corrected chi connectivity index (χ2v) is 7.33. The number of amides is 2. The molecular formula is C15H18N2O4S2. The maximum atomic E-state index is 12.1. The predicted molar refractivity (Wildman–Crippen MR) is 92.3 cm³/mol. The molecule has 1 fully saturated rings. The van der Waals surface area contributed by atoms with Crippen LogP contribution in [-0.4, -0.2) is 49.8 Å². The summed E-state index contributed by atoms with van der Waals surface area (Å²) in [6.45, 7) is 2.73. The zero-order valence-corrected chi connectivity index (χ0v) is 14.8. The highest BCUT2D eigenvalue weighted by Gasteiger charge is 2.34. The molecule has 2 amide bonds. The van der Waals surface area contributed by atoms with Crippen LogP contribution in [-0.2, 0) is 13.7 Å². The van der Waals surface area contributed by atoms with Crippen LogP contribution in [0.4, 0.5) is 16.2 Å². The Hall–Kier alpha value is -1.38. The van der Waals surface area contributed by atoms with Crippen molar-refractivity contribution in [3.63, 3.8) is 0 Å². The molecule has 0 N–H and O–H groups in total. The zero-order valence-electron chi connectivity index (χ0n) is 13.1. The number of benzene rings is 1. The van der Waals surface area contributed by atoms with Crippen molar-refractivity contribution in [3.05, 3.63) is 18.2 Å². The van der Waals surface area contributed by atoms with E-state index in [9.17, 15) is 9.59 Å². The molecule has 1 unspecified atom stereocenters. The van der Waals surface area contributed by atoms with Gasteiger partial charge in [-0.25, -0.2) is 4.79 Å². The van der Waals surface area contributed by atoms with E-state index in [1.54, 1.807) is 16.8 Å². The normalized spacial score (nSPS) is 24.0. The van der Waals surface area contributed by atoms with E-state index in [1.807, 2.05) is 31.4 Å². The van der Waals surface area contributed by atoms with Gasteiger partial charge in [0, 0.05) is 23.9 Å². The van der Waals surface area contributed by atoms with Crippen LogP contribution in [0.1, 0.15) is 6.92 Å². The lowest BCUT2D eigenvalue weighted by Crippen LogP contribution is -2.36. The van der Waals surface area contributed by atoms with Gasteiger partial charge >= 0.3 is 6.09 Å². The lowest BCUT2D eigenvalue weighted by molar-refractivity contribution is -0.117. The standard InChI is InChI=1S/C15H18N2O4S2/c1-9-14(18)16(2)12-5-4-10(6-13(12)23-9)17-7-11(8-20-22-3)21-15(17)19/h4-6,9,11H,7-8H2,1-3H3/t9?,11-/m1/s1. The SMILES string of the molecule is CSOC[C@H]1CN(c2ccc3c(c2)SC(C)C(=O)N3C)C(=O)O1. The number of anilines is 2. The van der Waals surface area contributed by atoms with E-state index in [0.29, 0.717) is 13.2 Å². The highest BCUT2D eigenvalue weighted by molar-refractivity contribution is 8.01. The first-order chi connectivity index (χ1) is 11.0. The number of fused-ring (bicyclic) bond motifs is 1. The Morgan fingerprint density at radius 1 is 1.43 bits per heavy atom. The number of ether oxygens (including phenoxy) is 1. The predicted octanol–water partition coefficient (Wildman–Crippen LogP) is 2.76. The van der Waals surface area contributed by atoms with Gasteiger partial charge in [0.05, 0.1) is 17.5 Å². The first-order valence-electron chi connectivity index (χ1n) is 7.23. The lowest BCUT2D eigenvalue weighted by atomic mass is 10.2. The summed E-state index contributed by atoms with van der Waals surface area (Å²) in [5, 5.41) is -0.129. The van der Waals surface area contributed by atoms with Gasteiger partial charge in [0.25, 0.3) is 0 Å². The van der Waals surface area contributed by atoms with Crippen LogP contribution < -0.4 is 9.80 Å². The van der Waals surface area contributed by atoms with Crippen LogP contribution in [0.2, 0.25) is 0 Å². The minimum absolute atomic E-state index is 0.0881. The number of carbonyl (C=O) groups is 2. The molecule has 1 saturated heterocycles. The van der Waals surface area contributed by atoms with E-state index in [4.69, 9.17) is 8.92 Å². The van der Waals surface area contributed by atoms with Crippen molar-refractivity contribution in [1.82, 2.24) is 0 Å². The topological polar surface area (TPSA) is 59.1 Å². The fourth-order valence-corrected chi connectivity index (χ4v) is 4.08. The lowest BCUT2D eigenvalue weighted by Gasteiger charge is -2.30. The molecule has 124 valence electrons. The second kappa shape index (κ2) is 6.62. The Kier molecular flexibility index (Phi) is 4.74. The fraction of sp³-hybridized carbons (Fsp3) is 0.467. The minimum Gasteiger partial charge on any atom is -0.441 e. The molecule has 2 aliphatic rings. The molecule has 0 aromatic heterocycles. The third-order valence-electron chi connectivity index (χ3n) is 3.84. The molecule has 0 radical (unpaired) electrons. The van der Waals surface area contributed by atoms with Crippen LogP contribution >= 0.6 is 23.8 Å². The smallest absolute Gasteiger partial charge is 0.414 e. The first kappa shape index (κ1) is 16.5. The Morgan fingerprint density at radius 3 is 2.96 bits per heavy atom. The average Bonchev–Trinajstić information content (AvgIpc) is 2.91. The zero-order chi connectivity index (χ0) is 16.6. The number of hydrogen-bond acceptors (Lipinski definition) is 6. The van der Waals surface area contributed by atoms with Crippen LogP contribution in [0.15, 0.2) is 23.1 Å². The second-order valence-electron chi connectivity index (χ2n) is 5.38. The Labute approximate surface area is 143 Å². The van der Waals surface area contributed by atoms with Crippen molar-refractivity contribution in [2.45, 2.75) is 23.2 Å². The van der Waals surface area contributed by atoms with Crippen molar-refractivity contribution in [2.75, 3.05) is 36.3 Å². The van der Waals surface area contributed by atoms with Crippen molar-refractivity contribution in [2.24, 2.45) is 0 Å². The van der Waals surface area contributed by atoms with Crippen LogP contribution in [0.25, 0.3) is 0 Å². The van der Waals surface area contributed by atoms with Crippen molar-refractivity contribution in [3.8, 4) is 0 Å². The molecule has 2 atom stereocenters. The molecule has 3 rings (SSSR count). The number of nitrogens with zero attached hydrogens (tertiary/aromatic N) is 2. The Bertz CT molecular complexity index is 640. The number of rotatable bonds is 4. The van der Waals surface area contributed by atoms with Crippen LogP contribution in [0.5, 0.6) is 0 Å². The quantitative estimate of drug-likeness (QED) is 0.775. The Balaban J connectivity index is 1.81. The molecular weight excluding hydrogens is 336 g/mol. The van der Waals surface area contributed by atoms with Gasteiger partial charge in [-0.2, -0.15) is 0 Å². The van der Waals surface area contributed by atoms with Gasteiger partial charge in [0.15, 0.2) is 0 Å². The van der Waals surface area contributed by atoms with Gasteiger partial charge in [-0.1, -0.05) is 0 Å². The van der Waals surface area contributed by atoms with Gasteiger partial charge in [-0.15, -0.1) is 11.8 Å². The number of cyclic esters (lactones) is 1. The highest BCUT2D eigenvalue weighted by atomic mass is 32.2. The van der Waals surface area contributed by atoms with Crippen LogP contribution in [0, 0.1) is 0 Å². The summed E-state index contributed by atoms with van der Waals surface area (Å²) in [5.74, 6) is 0.0881. The molecule has 2 aliphatic heterocycles. The van der Waals surface area contributed by atoms with Crippen molar-refractivity contribution in [1.29, 1.82) is 0 Å². The van der Waals surface area contributed by atoms with E-state index in [1.165, 1.54) is 23.8 Å². The summed E-state index contributed by atoms with van der Waals surface area (Å²) in [6, 6.07) is 5.66. The number of carbonyl (C=O) groups excluding carboxylic acids is 2. The summed E-state index contributed by atoms with van der Waals surface area (Å²) >= 11 is 2.77. The largest absolute Gasteiger partial charge is 0.441 e. The van der Waals surface area contributed by atoms with E-state index in [2.05, 4.69) is 0 Å². The molecule has 0 saturated carbocycles. The van der Waals surface area contributed by atoms with Gasteiger partial charge in [0.2, 0.25) is 5.91 Å². The molecule has 2 heterocycles. The molecule has 23 heavy (non-hydrogen) atoms. The maximum absolute atomic E-state index is 12.1. The number of thioether (sulfide) groups is 1.